The summed E-state index contributed by atoms with van der Waals surface area (Å²) < 4.78 is 40.5. The number of nitriles is 1. The SMILES string of the molecule is N#Cc1cc2c(cc1N1CCN(c3cccc(C(F)(F)F)c3)CC1)[n+](=O)c1ccc(Cl)cc1n2[O-]. The van der Waals surface area contributed by atoms with Crippen LogP contribution in [0.4, 0.5) is 24.5 Å². The van der Waals surface area contributed by atoms with Crippen LogP contribution < -0.4 is 14.2 Å². The lowest BCUT2D eigenvalue weighted by Crippen LogP contribution is -2.47. The molecule has 0 N–H and O–H groups in total. The number of hydrogen-bond donors (Lipinski definition) is 0. The van der Waals surface area contributed by atoms with Crippen molar-refractivity contribution in [2.24, 2.45) is 0 Å². The Hall–Kier alpha value is -3.97. The zero-order chi connectivity index (χ0) is 24.9. The fourth-order valence-corrected chi connectivity index (χ4v) is 4.58. The molecule has 1 fully saturated rings. The topological polar surface area (TPSA) is 81.2 Å². The Morgan fingerprint density at radius 3 is 2.31 bits per heavy atom. The number of anilines is 2. The van der Waals surface area contributed by atoms with Gasteiger partial charge in [0.15, 0.2) is 0 Å². The molecule has 1 aromatic heterocycles. The first-order valence-corrected chi connectivity index (χ1v) is 11.0. The van der Waals surface area contributed by atoms with Crippen molar-refractivity contribution in [2.75, 3.05) is 36.0 Å². The van der Waals surface area contributed by atoms with Gasteiger partial charge in [0.25, 0.3) is 11.0 Å². The van der Waals surface area contributed by atoms with Gasteiger partial charge in [0.05, 0.1) is 21.2 Å². The smallest absolute Gasteiger partial charge is 0.416 e. The molecule has 0 aliphatic carbocycles. The van der Waals surface area contributed by atoms with Gasteiger partial charge in [-0.1, -0.05) is 17.7 Å². The maximum Gasteiger partial charge on any atom is 0.416 e. The van der Waals surface area contributed by atoms with Crippen LogP contribution in [-0.4, -0.2) is 30.9 Å². The first-order valence-electron chi connectivity index (χ1n) is 10.7. The third kappa shape index (κ3) is 3.98. The molecule has 7 nitrogen and oxygen atoms in total. The lowest BCUT2D eigenvalue weighted by atomic mass is 10.1. The number of aromatic nitrogens is 2. The molecule has 11 heteroatoms. The minimum Gasteiger partial charge on any atom is -0.805 e. The molecular weight excluding hydrogens is 483 g/mol. The van der Waals surface area contributed by atoms with Gasteiger partial charge in [0.2, 0.25) is 0 Å². The minimum absolute atomic E-state index is 0.0395. The highest BCUT2D eigenvalue weighted by Gasteiger charge is 2.31. The molecule has 1 aliphatic heterocycles. The second kappa shape index (κ2) is 8.36. The van der Waals surface area contributed by atoms with E-state index in [1.54, 1.807) is 6.07 Å². The van der Waals surface area contributed by atoms with Crippen molar-refractivity contribution >= 4 is 45.0 Å². The van der Waals surface area contributed by atoms with Crippen LogP contribution in [0, 0.1) is 21.4 Å². The molecule has 0 atom stereocenters. The molecule has 0 amide bonds. The minimum atomic E-state index is -4.42. The van der Waals surface area contributed by atoms with Crippen LogP contribution in [0.5, 0.6) is 0 Å². The molecule has 0 radical (unpaired) electrons. The molecule has 5 rings (SSSR count). The lowest BCUT2D eigenvalue weighted by molar-refractivity contribution is -0.432. The highest BCUT2D eigenvalue weighted by atomic mass is 35.5. The monoisotopic (exact) mass is 499 g/mol. The van der Waals surface area contributed by atoms with Crippen molar-refractivity contribution in [3.63, 3.8) is 0 Å². The maximum atomic E-state index is 13.1. The van der Waals surface area contributed by atoms with E-state index in [1.807, 2.05) is 9.80 Å². The van der Waals surface area contributed by atoms with Crippen LogP contribution in [0.1, 0.15) is 11.1 Å². The van der Waals surface area contributed by atoms with E-state index in [2.05, 4.69) is 6.07 Å². The Kier molecular flexibility index (Phi) is 5.44. The number of fused-ring (bicyclic) bond motifs is 2. The number of nitrogens with zero attached hydrogens (tertiary/aromatic N) is 5. The van der Waals surface area contributed by atoms with E-state index in [4.69, 9.17) is 11.6 Å². The van der Waals surface area contributed by atoms with Crippen molar-refractivity contribution in [1.82, 2.24) is 4.73 Å². The Labute approximate surface area is 202 Å². The second-order valence-electron chi connectivity index (χ2n) is 8.21. The average molecular weight is 500 g/mol. The lowest BCUT2D eigenvalue weighted by Gasteiger charge is -2.37. The van der Waals surface area contributed by atoms with E-state index in [1.165, 1.54) is 36.4 Å². The van der Waals surface area contributed by atoms with Gasteiger partial charge in [-0.05, 0) is 36.4 Å². The number of piperazine rings is 1. The fourth-order valence-electron chi connectivity index (χ4n) is 4.42. The molecule has 3 aromatic carbocycles. The molecule has 35 heavy (non-hydrogen) atoms. The summed E-state index contributed by atoms with van der Waals surface area (Å²) in [6.45, 7) is 1.66. The highest BCUT2D eigenvalue weighted by Crippen LogP contribution is 2.33. The third-order valence-corrected chi connectivity index (χ3v) is 6.42. The van der Waals surface area contributed by atoms with Gasteiger partial charge in [-0.25, -0.2) is 0 Å². The van der Waals surface area contributed by atoms with Crippen LogP contribution in [-0.2, 0) is 6.18 Å². The van der Waals surface area contributed by atoms with Crippen LogP contribution >= 0.6 is 11.6 Å². The molecule has 0 spiro atoms. The number of rotatable bonds is 2. The molecule has 0 saturated carbocycles. The zero-order valence-corrected chi connectivity index (χ0v) is 18.8. The van der Waals surface area contributed by atoms with Gasteiger partial charge in [-0.3, -0.25) is 0 Å². The van der Waals surface area contributed by atoms with Crippen LogP contribution in [0.2, 0.25) is 5.02 Å². The molecule has 2 heterocycles. The Balaban J connectivity index is 1.50. The van der Waals surface area contributed by atoms with E-state index in [9.17, 15) is 28.5 Å². The molecule has 0 bridgehead atoms. The van der Waals surface area contributed by atoms with Gasteiger partial charge in [-0.15, -0.1) is 0 Å². The van der Waals surface area contributed by atoms with Crippen molar-refractivity contribution < 1.29 is 17.6 Å². The first-order chi connectivity index (χ1) is 16.7. The molecule has 4 aromatic rings. The van der Waals surface area contributed by atoms with Crippen LogP contribution in [0.25, 0.3) is 22.1 Å². The average Bonchev–Trinajstić information content (AvgIpc) is 2.86. The van der Waals surface area contributed by atoms with Crippen LogP contribution in [0.15, 0.2) is 54.6 Å². The fraction of sp³-hybridized carbons (Fsp3) is 0.208. The van der Waals surface area contributed by atoms with E-state index in [0.717, 1.165) is 12.1 Å². The first kappa shape index (κ1) is 22.8. The Morgan fingerprint density at radius 2 is 1.63 bits per heavy atom. The number of alkyl halides is 3. The van der Waals surface area contributed by atoms with E-state index in [0.29, 0.717) is 51.7 Å². The summed E-state index contributed by atoms with van der Waals surface area (Å²) in [6.07, 6.45) is -4.42. The second-order valence-corrected chi connectivity index (χ2v) is 8.65. The number of hydrogen-bond acceptors (Lipinski definition) is 5. The normalized spacial score (nSPS) is 14.5. The standard InChI is InChI=1S/C24H17ClF3N5O2/c25-17-4-5-19-22(12-17)33(35)21-10-15(14-29)20(13-23(21)32(19)34)31-8-6-30(7-9-31)18-3-1-2-16(11-18)24(26,27)28/h1-5,10-13H,6-9H2. The summed E-state index contributed by atoms with van der Waals surface area (Å²) in [4.78, 5) is 16.8. The van der Waals surface area contributed by atoms with Crippen molar-refractivity contribution in [3.05, 3.63) is 80.9 Å². The summed E-state index contributed by atoms with van der Waals surface area (Å²) in [5.74, 6) is 0. The van der Waals surface area contributed by atoms with Crippen LogP contribution in [0.3, 0.4) is 0 Å². The van der Waals surface area contributed by atoms with Gasteiger partial charge >= 0.3 is 6.18 Å². The van der Waals surface area contributed by atoms with Crippen molar-refractivity contribution in [2.45, 2.75) is 6.18 Å². The quantitative estimate of drug-likeness (QED) is 0.289. The summed E-state index contributed by atoms with van der Waals surface area (Å²) >= 11 is 5.98. The number of benzene rings is 3. The van der Waals surface area contributed by atoms with Gasteiger partial charge < -0.3 is 19.7 Å². The third-order valence-electron chi connectivity index (χ3n) is 6.18. The maximum absolute atomic E-state index is 13.1. The Morgan fingerprint density at radius 1 is 0.943 bits per heavy atom. The summed E-state index contributed by atoms with van der Waals surface area (Å²) in [5, 5.41) is 23.0. The zero-order valence-electron chi connectivity index (χ0n) is 18.1. The van der Waals surface area contributed by atoms with E-state index < -0.39 is 11.7 Å². The predicted octanol–water partition coefficient (Wildman–Crippen LogP) is 4.93. The molecule has 1 aliphatic rings. The summed E-state index contributed by atoms with van der Waals surface area (Å²) in [7, 11) is 0. The predicted molar refractivity (Wildman–Crippen MR) is 127 cm³/mol. The Bertz CT molecular complexity index is 1570. The van der Waals surface area contributed by atoms with Crippen molar-refractivity contribution in [1.29, 1.82) is 5.26 Å². The van der Waals surface area contributed by atoms with E-state index in [-0.39, 0.29) is 27.6 Å². The molecule has 178 valence electrons. The van der Waals surface area contributed by atoms with Crippen molar-refractivity contribution in [3.8, 4) is 6.07 Å². The molecule has 1 saturated heterocycles. The number of halogens is 4. The van der Waals surface area contributed by atoms with Gasteiger partial charge in [0, 0.05) is 53.9 Å². The highest BCUT2D eigenvalue weighted by molar-refractivity contribution is 6.31. The van der Waals surface area contributed by atoms with E-state index >= 15 is 0 Å². The molecular formula is C24H17ClF3N5O2. The summed E-state index contributed by atoms with van der Waals surface area (Å²) in [5.41, 5.74) is 0.833. The van der Waals surface area contributed by atoms with Gasteiger partial charge in [-0.2, -0.15) is 18.4 Å². The van der Waals surface area contributed by atoms with Gasteiger partial charge in [0.1, 0.15) is 17.1 Å². The largest absolute Gasteiger partial charge is 0.805 e. The summed E-state index contributed by atoms with van der Waals surface area (Å²) in [6, 6.07) is 14.5. The molecule has 0 unspecified atom stereocenters.